The van der Waals surface area contributed by atoms with Gasteiger partial charge in [-0.1, -0.05) is 41.6 Å². The zero-order chi connectivity index (χ0) is 18.4. The van der Waals surface area contributed by atoms with Crippen molar-refractivity contribution in [3.8, 4) is 5.75 Å². The average Bonchev–Trinajstić information content (AvgIpc) is 2.79. The Hall–Kier alpha value is -2.59. The van der Waals surface area contributed by atoms with Gasteiger partial charge in [-0.3, -0.25) is 0 Å². The molecule has 0 N–H and O–H groups in total. The van der Waals surface area contributed by atoms with Gasteiger partial charge in [0.05, 0.1) is 0 Å². The number of benzene rings is 2. The molecule has 0 spiro atoms. The monoisotopic (exact) mass is 350 g/mol. The maximum absolute atomic E-state index is 6.10. The Bertz CT molecular complexity index is 810. The Labute approximate surface area is 155 Å². The lowest BCUT2D eigenvalue weighted by atomic mass is 9.92. The van der Waals surface area contributed by atoms with E-state index < -0.39 is 0 Å². The van der Waals surface area contributed by atoms with Gasteiger partial charge in [0, 0.05) is 24.7 Å². The smallest absolute Gasteiger partial charge is 0.127 e. The van der Waals surface area contributed by atoms with Crippen LogP contribution in [-0.4, -0.2) is 38.9 Å². The number of hydrogen-bond donors (Lipinski definition) is 0. The number of ether oxygens (including phenoxy) is 1. The Balaban J connectivity index is 2.02. The van der Waals surface area contributed by atoms with E-state index in [-0.39, 0.29) is 0 Å². The van der Waals surface area contributed by atoms with Gasteiger partial charge in [0.25, 0.3) is 0 Å². The molecule has 0 aliphatic carbocycles. The molecule has 136 valence electrons. The van der Waals surface area contributed by atoms with Crippen LogP contribution in [0.25, 0.3) is 5.57 Å². The summed E-state index contributed by atoms with van der Waals surface area (Å²) in [6, 6.07) is 14.9. The molecular formula is C22H26N2O2. The van der Waals surface area contributed by atoms with Crippen molar-refractivity contribution in [2.75, 3.05) is 27.7 Å². The van der Waals surface area contributed by atoms with Crippen molar-refractivity contribution in [3.63, 3.8) is 0 Å². The fourth-order valence-corrected chi connectivity index (χ4v) is 3.15. The Kier molecular flexibility index (Phi) is 6.08. The Morgan fingerprint density at radius 1 is 1.15 bits per heavy atom. The zero-order valence-corrected chi connectivity index (χ0v) is 15.7. The van der Waals surface area contributed by atoms with Crippen LogP contribution in [0.1, 0.15) is 28.7 Å². The third-order valence-corrected chi connectivity index (χ3v) is 4.46. The minimum absolute atomic E-state index is 0.596. The van der Waals surface area contributed by atoms with Gasteiger partial charge >= 0.3 is 0 Å². The quantitative estimate of drug-likeness (QED) is 0.580. The van der Waals surface area contributed by atoms with Crippen LogP contribution in [0.3, 0.4) is 0 Å². The summed E-state index contributed by atoms with van der Waals surface area (Å²) in [4.78, 5) is 6.97. The van der Waals surface area contributed by atoms with Crippen LogP contribution in [-0.2, 0) is 17.9 Å². The van der Waals surface area contributed by atoms with Gasteiger partial charge in [-0.2, -0.15) is 0 Å². The minimum atomic E-state index is 0.596. The second-order valence-electron chi connectivity index (χ2n) is 6.66. The molecule has 4 heteroatoms. The minimum Gasteiger partial charge on any atom is -0.488 e. The molecule has 2 aromatic carbocycles. The van der Waals surface area contributed by atoms with E-state index in [9.17, 15) is 0 Å². The SMILES string of the molecule is CON=CCc1ccc2c(c1)C(=CCCN(C)C)c1ccccc1CO2. The maximum atomic E-state index is 6.10. The highest BCUT2D eigenvalue weighted by atomic mass is 16.6. The lowest BCUT2D eigenvalue weighted by Gasteiger charge is -2.13. The van der Waals surface area contributed by atoms with E-state index in [4.69, 9.17) is 9.57 Å². The van der Waals surface area contributed by atoms with E-state index in [1.54, 1.807) is 13.3 Å². The standard InChI is InChI=1S/C22H26N2O2/c1-24(2)14-6-9-20-19-8-5-4-7-18(19)16-26-22-11-10-17(15-21(20)22)12-13-23-25-3/h4-5,7-11,13,15H,6,12,14,16H2,1-3H3. The summed E-state index contributed by atoms with van der Waals surface area (Å²) in [6.07, 6.45) is 5.83. The van der Waals surface area contributed by atoms with E-state index in [1.165, 1.54) is 22.3 Å². The number of oxime groups is 1. The lowest BCUT2D eigenvalue weighted by molar-refractivity contribution is 0.215. The summed E-state index contributed by atoms with van der Waals surface area (Å²) < 4.78 is 6.10. The summed E-state index contributed by atoms with van der Waals surface area (Å²) in [7, 11) is 5.76. The summed E-state index contributed by atoms with van der Waals surface area (Å²) in [5.41, 5.74) is 6.07. The third kappa shape index (κ3) is 4.33. The molecule has 0 atom stereocenters. The second-order valence-corrected chi connectivity index (χ2v) is 6.66. The number of hydrogen-bond acceptors (Lipinski definition) is 4. The van der Waals surface area contributed by atoms with Gasteiger partial charge in [0.15, 0.2) is 0 Å². The predicted octanol–water partition coefficient (Wildman–Crippen LogP) is 4.14. The molecule has 0 bridgehead atoms. The van der Waals surface area contributed by atoms with Crippen molar-refractivity contribution in [2.24, 2.45) is 5.16 Å². The Morgan fingerprint density at radius 3 is 2.81 bits per heavy atom. The van der Waals surface area contributed by atoms with Gasteiger partial charge in [0.1, 0.15) is 19.5 Å². The first-order valence-corrected chi connectivity index (χ1v) is 8.93. The lowest BCUT2D eigenvalue weighted by Crippen LogP contribution is -2.12. The van der Waals surface area contributed by atoms with Gasteiger partial charge in [-0.25, -0.2) is 0 Å². The van der Waals surface area contributed by atoms with Crippen molar-refractivity contribution in [1.82, 2.24) is 4.90 Å². The molecule has 0 saturated heterocycles. The first-order valence-electron chi connectivity index (χ1n) is 8.93. The molecular weight excluding hydrogens is 324 g/mol. The van der Waals surface area contributed by atoms with Crippen molar-refractivity contribution in [3.05, 3.63) is 70.8 Å². The predicted molar refractivity (Wildman–Crippen MR) is 107 cm³/mol. The van der Waals surface area contributed by atoms with Crippen LogP contribution in [0.5, 0.6) is 5.75 Å². The molecule has 1 aliphatic heterocycles. The van der Waals surface area contributed by atoms with E-state index in [1.807, 2.05) is 0 Å². The van der Waals surface area contributed by atoms with Crippen LogP contribution in [0.15, 0.2) is 53.7 Å². The normalized spacial score (nSPS) is 14.8. The maximum Gasteiger partial charge on any atom is 0.127 e. The highest BCUT2D eigenvalue weighted by molar-refractivity contribution is 5.85. The topological polar surface area (TPSA) is 34.1 Å². The summed E-state index contributed by atoms with van der Waals surface area (Å²) in [6.45, 7) is 1.61. The van der Waals surface area contributed by atoms with Crippen LogP contribution < -0.4 is 4.74 Å². The van der Waals surface area contributed by atoms with Crippen molar-refractivity contribution < 1.29 is 9.57 Å². The molecule has 0 amide bonds. The van der Waals surface area contributed by atoms with Gasteiger partial charge in [-0.15, -0.1) is 0 Å². The van der Waals surface area contributed by atoms with Crippen molar-refractivity contribution in [2.45, 2.75) is 19.4 Å². The number of fused-ring (bicyclic) bond motifs is 2. The largest absolute Gasteiger partial charge is 0.488 e. The summed E-state index contributed by atoms with van der Waals surface area (Å²) >= 11 is 0. The fraction of sp³-hybridized carbons (Fsp3) is 0.318. The zero-order valence-electron chi connectivity index (χ0n) is 15.7. The highest BCUT2D eigenvalue weighted by Gasteiger charge is 2.19. The van der Waals surface area contributed by atoms with E-state index >= 15 is 0 Å². The molecule has 0 radical (unpaired) electrons. The third-order valence-electron chi connectivity index (χ3n) is 4.46. The first-order chi connectivity index (χ1) is 12.7. The van der Waals surface area contributed by atoms with Crippen LogP contribution >= 0.6 is 0 Å². The van der Waals surface area contributed by atoms with Crippen LogP contribution in [0.4, 0.5) is 0 Å². The Morgan fingerprint density at radius 2 is 2.00 bits per heavy atom. The molecule has 2 aromatic rings. The van der Waals surface area contributed by atoms with E-state index in [0.717, 1.165) is 30.7 Å². The van der Waals surface area contributed by atoms with E-state index in [0.29, 0.717) is 6.61 Å². The van der Waals surface area contributed by atoms with E-state index in [2.05, 4.69) is 72.7 Å². The molecule has 4 nitrogen and oxygen atoms in total. The molecule has 1 aliphatic rings. The van der Waals surface area contributed by atoms with Gasteiger partial charge < -0.3 is 14.5 Å². The van der Waals surface area contributed by atoms with Crippen LogP contribution in [0.2, 0.25) is 0 Å². The first kappa shape index (κ1) is 18.2. The van der Waals surface area contributed by atoms with Crippen molar-refractivity contribution >= 4 is 11.8 Å². The average molecular weight is 350 g/mol. The molecule has 26 heavy (non-hydrogen) atoms. The highest BCUT2D eigenvalue weighted by Crippen LogP contribution is 2.37. The number of rotatable bonds is 6. The van der Waals surface area contributed by atoms with Crippen molar-refractivity contribution in [1.29, 1.82) is 0 Å². The van der Waals surface area contributed by atoms with Gasteiger partial charge in [0.2, 0.25) is 0 Å². The number of nitrogens with zero attached hydrogens (tertiary/aromatic N) is 2. The molecule has 3 rings (SSSR count). The van der Waals surface area contributed by atoms with Crippen LogP contribution in [0, 0.1) is 0 Å². The molecule has 0 saturated carbocycles. The molecule has 0 unspecified atom stereocenters. The summed E-state index contributed by atoms with van der Waals surface area (Å²) in [5, 5.41) is 3.85. The molecule has 0 aromatic heterocycles. The fourth-order valence-electron chi connectivity index (χ4n) is 3.15. The van der Waals surface area contributed by atoms with Gasteiger partial charge in [-0.05, 0) is 54.9 Å². The molecule has 1 heterocycles. The molecule has 0 fully saturated rings. The summed E-state index contributed by atoms with van der Waals surface area (Å²) in [5.74, 6) is 0.935. The second kappa shape index (κ2) is 8.68.